The maximum atomic E-state index is 13.0. The summed E-state index contributed by atoms with van der Waals surface area (Å²) in [6, 6.07) is 16.2. The van der Waals surface area contributed by atoms with Crippen LogP contribution in [-0.2, 0) is 0 Å². The van der Waals surface area contributed by atoms with Crippen molar-refractivity contribution in [2.45, 2.75) is 0 Å². The van der Waals surface area contributed by atoms with Crippen molar-refractivity contribution >= 4 is 29.7 Å². The van der Waals surface area contributed by atoms with Crippen LogP contribution in [0.3, 0.4) is 0 Å². The summed E-state index contributed by atoms with van der Waals surface area (Å²) in [5.41, 5.74) is 3.57. The fraction of sp³-hybridized carbons (Fsp3) is 0.0455. The van der Waals surface area contributed by atoms with E-state index in [4.69, 9.17) is 21.1 Å². The molecule has 0 spiro atoms. The molecule has 152 valence electrons. The van der Waals surface area contributed by atoms with Gasteiger partial charge in [-0.25, -0.2) is 14.6 Å². The van der Waals surface area contributed by atoms with E-state index in [1.54, 1.807) is 30.3 Å². The van der Waals surface area contributed by atoms with Crippen LogP contribution in [0, 0.1) is 5.82 Å². The van der Waals surface area contributed by atoms with Crippen LogP contribution >= 0.6 is 11.6 Å². The van der Waals surface area contributed by atoms with E-state index in [2.05, 4.69) is 10.5 Å². The number of benzene rings is 3. The number of rotatable bonds is 6. The highest BCUT2D eigenvalue weighted by molar-refractivity contribution is 6.30. The molecule has 6 nitrogen and oxygen atoms in total. The number of methoxy groups -OCH3 is 1. The Kier molecular flexibility index (Phi) is 6.77. The largest absolute Gasteiger partial charge is 0.493 e. The molecule has 0 radical (unpaired) electrons. The van der Waals surface area contributed by atoms with Crippen molar-refractivity contribution in [2.75, 3.05) is 7.11 Å². The summed E-state index contributed by atoms with van der Waals surface area (Å²) in [7, 11) is 1.42. The number of carbonyl (C=O) groups is 2. The maximum absolute atomic E-state index is 13.0. The standard InChI is InChI=1S/C22H16ClFN2O4/c1-29-20-11-14(13-25-26-21(27)16-3-2-4-17(23)12-16)5-10-19(20)30-22(28)15-6-8-18(24)9-7-15/h2-13H,1H3,(H,26,27). The second-order valence-electron chi connectivity index (χ2n) is 6.02. The highest BCUT2D eigenvalue weighted by atomic mass is 35.5. The first-order valence-electron chi connectivity index (χ1n) is 8.71. The zero-order valence-corrected chi connectivity index (χ0v) is 16.5. The number of nitrogens with zero attached hydrogens (tertiary/aromatic N) is 1. The van der Waals surface area contributed by atoms with Gasteiger partial charge in [0.1, 0.15) is 5.82 Å². The van der Waals surface area contributed by atoms with Gasteiger partial charge in [0.25, 0.3) is 5.91 Å². The van der Waals surface area contributed by atoms with E-state index >= 15 is 0 Å². The molecule has 30 heavy (non-hydrogen) atoms. The molecular weight excluding hydrogens is 411 g/mol. The molecule has 0 aromatic heterocycles. The van der Waals surface area contributed by atoms with Crippen LogP contribution in [0.1, 0.15) is 26.3 Å². The van der Waals surface area contributed by atoms with E-state index in [1.165, 1.54) is 49.7 Å². The number of halogens is 2. The topological polar surface area (TPSA) is 77.0 Å². The molecule has 0 bridgehead atoms. The number of hydrogen-bond acceptors (Lipinski definition) is 5. The Morgan fingerprint density at radius 1 is 1.00 bits per heavy atom. The second-order valence-corrected chi connectivity index (χ2v) is 6.45. The van der Waals surface area contributed by atoms with Crippen molar-refractivity contribution < 1.29 is 23.5 Å². The molecule has 0 unspecified atom stereocenters. The lowest BCUT2D eigenvalue weighted by atomic mass is 10.2. The average molecular weight is 427 g/mol. The third-order valence-corrected chi connectivity index (χ3v) is 4.17. The van der Waals surface area contributed by atoms with Crippen molar-refractivity contribution in [2.24, 2.45) is 5.10 Å². The van der Waals surface area contributed by atoms with E-state index in [9.17, 15) is 14.0 Å². The summed E-state index contributed by atoms with van der Waals surface area (Å²) < 4.78 is 23.6. The van der Waals surface area contributed by atoms with Crippen LogP contribution in [-0.4, -0.2) is 25.2 Å². The van der Waals surface area contributed by atoms with Gasteiger partial charge in [0.15, 0.2) is 11.5 Å². The molecule has 0 aliphatic rings. The predicted molar refractivity (Wildman–Crippen MR) is 111 cm³/mol. The van der Waals surface area contributed by atoms with Gasteiger partial charge in [0.2, 0.25) is 0 Å². The summed E-state index contributed by atoms with van der Waals surface area (Å²) in [4.78, 5) is 24.3. The molecule has 0 heterocycles. The van der Waals surface area contributed by atoms with Crippen molar-refractivity contribution in [3.05, 3.63) is 94.3 Å². The molecule has 3 aromatic carbocycles. The van der Waals surface area contributed by atoms with Gasteiger partial charge in [-0.1, -0.05) is 17.7 Å². The summed E-state index contributed by atoms with van der Waals surface area (Å²) in [6.07, 6.45) is 1.41. The maximum Gasteiger partial charge on any atom is 0.343 e. The molecule has 1 N–H and O–H groups in total. The molecule has 0 atom stereocenters. The Bertz CT molecular complexity index is 1100. The Labute approximate surface area is 176 Å². The lowest BCUT2D eigenvalue weighted by molar-refractivity contribution is 0.0729. The first-order chi connectivity index (χ1) is 14.5. The van der Waals surface area contributed by atoms with Crippen molar-refractivity contribution in [3.63, 3.8) is 0 Å². The SMILES string of the molecule is COc1cc(C=NNC(=O)c2cccc(Cl)c2)ccc1OC(=O)c1ccc(F)cc1. The molecule has 1 amide bonds. The number of ether oxygens (including phenoxy) is 2. The van der Waals surface area contributed by atoms with E-state index in [0.29, 0.717) is 16.1 Å². The number of hydrazone groups is 1. The average Bonchev–Trinajstić information content (AvgIpc) is 2.75. The van der Waals surface area contributed by atoms with E-state index < -0.39 is 17.7 Å². The molecule has 0 saturated carbocycles. The Hall–Kier alpha value is -3.71. The van der Waals surface area contributed by atoms with Crippen LogP contribution < -0.4 is 14.9 Å². The molecule has 0 saturated heterocycles. The van der Waals surface area contributed by atoms with Gasteiger partial charge in [-0.05, 0) is 66.2 Å². The fourth-order valence-corrected chi connectivity index (χ4v) is 2.64. The highest BCUT2D eigenvalue weighted by Gasteiger charge is 2.13. The smallest absolute Gasteiger partial charge is 0.343 e. The summed E-state index contributed by atoms with van der Waals surface area (Å²) >= 11 is 5.86. The zero-order chi connectivity index (χ0) is 21.5. The van der Waals surface area contributed by atoms with Gasteiger partial charge in [-0.15, -0.1) is 0 Å². The van der Waals surface area contributed by atoms with Gasteiger partial charge in [0.05, 0.1) is 18.9 Å². The summed E-state index contributed by atoms with van der Waals surface area (Å²) in [5.74, 6) is -1.04. The van der Waals surface area contributed by atoms with Crippen LogP contribution in [0.2, 0.25) is 5.02 Å². The van der Waals surface area contributed by atoms with E-state index in [1.807, 2.05) is 0 Å². The Morgan fingerprint density at radius 2 is 1.77 bits per heavy atom. The zero-order valence-electron chi connectivity index (χ0n) is 15.8. The number of carbonyl (C=O) groups excluding carboxylic acids is 2. The third kappa shape index (κ3) is 5.42. The summed E-state index contributed by atoms with van der Waals surface area (Å²) in [6.45, 7) is 0. The molecule has 0 aliphatic carbocycles. The van der Waals surface area contributed by atoms with Crippen molar-refractivity contribution in [3.8, 4) is 11.5 Å². The first kappa shape index (κ1) is 21.0. The molecule has 3 aromatic rings. The Balaban J connectivity index is 1.67. The summed E-state index contributed by atoms with van der Waals surface area (Å²) in [5, 5.41) is 4.35. The van der Waals surface area contributed by atoms with Gasteiger partial charge < -0.3 is 9.47 Å². The minimum Gasteiger partial charge on any atom is -0.493 e. The lowest BCUT2D eigenvalue weighted by Crippen LogP contribution is -2.17. The van der Waals surface area contributed by atoms with Crippen molar-refractivity contribution in [1.29, 1.82) is 0 Å². The van der Waals surface area contributed by atoms with Crippen LogP contribution in [0.5, 0.6) is 11.5 Å². The van der Waals surface area contributed by atoms with Gasteiger partial charge in [-0.2, -0.15) is 5.10 Å². The molecule has 0 fully saturated rings. The first-order valence-corrected chi connectivity index (χ1v) is 9.09. The number of hydrogen-bond donors (Lipinski definition) is 1. The molecule has 0 aliphatic heterocycles. The van der Waals surface area contributed by atoms with Crippen LogP contribution in [0.25, 0.3) is 0 Å². The quantitative estimate of drug-likeness (QED) is 0.273. The molecule has 8 heteroatoms. The lowest BCUT2D eigenvalue weighted by Gasteiger charge is -2.10. The second kappa shape index (κ2) is 9.67. The van der Waals surface area contributed by atoms with Crippen molar-refractivity contribution in [1.82, 2.24) is 5.43 Å². The molecular formula is C22H16ClFN2O4. The molecule has 3 rings (SSSR count). The normalized spacial score (nSPS) is 10.6. The van der Waals surface area contributed by atoms with E-state index in [-0.39, 0.29) is 17.1 Å². The Morgan fingerprint density at radius 3 is 2.47 bits per heavy atom. The minimum absolute atomic E-state index is 0.187. The fourth-order valence-electron chi connectivity index (χ4n) is 2.45. The highest BCUT2D eigenvalue weighted by Crippen LogP contribution is 2.28. The van der Waals surface area contributed by atoms with E-state index in [0.717, 1.165) is 0 Å². The van der Waals surface area contributed by atoms with Crippen LogP contribution in [0.15, 0.2) is 71.8 Å². The number of esters is 1. The van der Waals surface area contributed by atoms with Crippen LogP contribution in [0.4, 0.5) is 4.39 Å². The number of amides is 1. The minimum atomic E-state index is -0.650. The van der Waals surface area contributed by atoms with Gasteiger partial charge in [0, 0.05) is 10.6 Å². The number of nitrogens with one attached hydrogen (secondary N) is 1. The van der Waals surface area contributed by atoms with Gasteiger partial charge >= 0.3 is 5.97 Å². The predicted octanol–water partition coefficient (Wildman–Crippen LogP) is 4.47. The monoisotopic (exact) mass is 426 g/mol. The van der Waals surface area contributed by atoms with Gasteiger partial charge in [-0.3, -0.25) is 4.79 Å². The third-order valence-electron chi connectivity index (χ3n) is 3.94.